The van der Waals surface area contributed by atoms with Crippen molar-refractivity contribution >= 4 is 39.6 Å². The maximum atomic E-state index is 13.8. The smallest absolute Gasteiger partial charge is 0.268 e. The third-order valence-corrected chi connectivity index (χ3v) is 10.1. The Kier molecular flexibility index (Phi) is 6.17. The van der Waals surface area contributed by atoms with Crippen molar-refractivity contribution in [2.24, 2.45) is 17.8 Å². The molecule has 5 nitrogen and oxygen atoms in total. The number of benzene rings is 1. The molecule has 36 heavy (non-hydrogen) atoms. The zero-order valence-corrected chi connectivity index (χ0v) is 21.8. The third kappa shape index (κ3) is 4.48. The molecule has 4 saturated carbocycles. The fourth-order valence-corrected chi connectivity index (χ4v) is 8.83. The van der Waals surface area contributed by atoms with Crippen LogP contribution in [0.1, 0.15) is 77.7 Å². The Bertz CT molecular complexity index is 1250. The molecule has 5 aliphatic rings. The maximum absolute atomic E-state index is 13.8. The van der Waals surface area contributed by atoms with Crippen molar-refractivity contribution in [3.63, 3.8) is 0 Å². The number of fused-ring (bicyclic) bond motifs is 1. The highest BCUT2D eigenvalue weighted by Gasteiger charge is 2.51. The summed E-state index contributed by atoms with van der Waals surface area (Å²) in [5.74, 6) is 1.56. The lowest BCUT2D eigenvalue weighted by Crippen LogP contribution is -2.60. The van der Waals surface area contributed by atoms with Crippen LogP contribution in [0.25, 0.3) is 0 Å². The number of rotatable bonds is 6. The average Bonchev–Trinajstić information content (AvgIpc) is 3.19. The minimum atomic E-state index is -0.269. The van der Waals surface area contributed by atoms with E-state index in [0.717, 1.165) is 50.5 Å². The highest BCUT2D eigenvalue weighted by Crippen LogP contribution is 2.55. The Balaban J connectivity index is 1.32. The van der Waals surface area contributed by atoms with Crippen molar-refractivity contribution in [1.29, 1.82) is 5.26 Å². The van der Waals surface area contributed by atoms with Gasteiger partial charge in [0, 0.05) is 27.1 Å². The standard InChI is InChI=1S/C29H30ClN3O2S/c30-21-7-5-20(6-8-21)25(34)12-24(32-28-23(16-31)22-3-1-2-4-26(22)36-28)27(35)33-29-13-17-9-18(14-29)11-19(10-17)15-29/h5-8,12,17-19,32H,1-4,9-11,13-15H2,(H,33,35). The first-order valence-electron chi connectivity index (χ1n) is 13.1. The molecule has 1 heterocycles. The second-order valence-electron chi connectivity index (χ2n) is 11.2. The lowest BCUT2D eigenvalue weighted by Gasteiger charge is -2.56. The van der Waals surface area contributed by atoms with Crippen LogP contribution >= 0.6 is 22.9 Å². The third-order valence-electron chi connectivity index (χ3n) is 8.60. The van der Waals surface area contributed by atoms with E-state index in [0.29, 0.717) is 38.9 Å². The summed E-state index contributed by atoms with van der Waals surface area (Å²) in [5, 5.41) is 17.8. The number of nitriles is 1. The fraction of sp³-hybridized carbons (Fsp3) is 0.483. The molecule has 2 N–H and O–H groups in total. The highest BCUT2D eigenvalue weighted by molar-refractivity contribution is 7.16. The normalized spacial score (nSPS) is 28.3. The second-order valence-corrected chi connectivity index (χ2v) is 12.8. The predicted octanol–water partition coefficient (Wildman–Crippen LogP) is 6.42. The number of carbonyl (C=O) groups is 2. The van der Waals surface area contributed by atoms with E-state index < -0.39 is 0 Å². The van der Waals surface area contributed by atoms with E-state index >= 15 is 0 Å². The number of allylic oxidation sites excluding steroid dienone is 1. The molecule has 0 saturated heterocycles. The number of halogens is 1. The molecule has 186 valence electrons. The Morgan fingerprint density at radius 3 is 2.31 bits per heavy atom. The Morgan fingerprint density at radius 1 is 1.03 bits per heavy atom. The average molecular weight is 520 g/mol. The van der Waals surface area contributed by atoms with Gasteiger partial charge in [0.1, 0.15) is 16.8 Å². The van der Waals surface area contributed by atoms with Gasteiger partial charge in [0.15, 0.2) is 5.78 Å². The number of thiophene rings is 1. The zero-order valence-electron chi connectivity index (χ0n) is 20.2. The van der Waals surface area contributed by atoms with E-state index in [2.05, 4.69) is 16.7 Å². The van der Waals surface area contributed by atoms with Crippen molar-refractivity contribution in [1.82, 2.24) is 5.32 Å². The van der Waals surface area contributed by atoms with Crippen LogP contribution in [0.2, 0.25) is 5.02 Å². The summed E-state index contributed by atoms with van der Waals surface area (Å²) in [5.41, 5.74) is 2.21. The topological polar surface area (TPSA) is 82.0 Å². The lowest BCUT2D eigenvalue weighted by atomic mass is 9.53. The summed E-state index contributed by atoms with van der Waals surface area (Å²) < 4.78 is 0. The summed E-state index contributed by atoms with van der Waals surface area (Å²) in [6.07, 6.45) is 12.4. The molecule has 2 aromatic rings. The van der Waals surface area contributed by atoms with Crippen LogP contribution in [0, 0.1) is 29.1 Å². The largest absolute Gasteiger partial charge is 0.345 e. The molecular weight excluding hydrogens is 490 g/mol. The molecule has 0 radical (unpaired) electrons. The molecule has 5 aliphatic carbocycles. The number of hydrogen-bond donors (Lipinski definition) is 2. The van der Waals surface area contributed by atoms with E-state index in [1.165, 1.54) is 30.2 Å². The van der Waals surface area contributed by atoms with Gasteiger partial charge in [0.2, 0.25) is 0 Å². The summed E-state index contributed by atoms with van der Waals surface area (Å²) >= 11 is 7.55. The van der Waals surface area contributed by atoms with E-state index in [1.54, 1.807) is 35.6 Å². The van der Waals surface area contributed by atoms with E-state index in [-0.39, 0.29) is 22.9 Å². The van der Waals surface area contributed by atoms with Gasteiger partial charge >= 0.3 is 0 Å². The Hall–Kier alpha value is -2.62. The SMILES string of the molecule is N#Cc1c(NC(=CC(=O)c2ccc(Cl)cc2)C(=O)NC23CC4CC(CC(C4)C2)C3)sc2c1CCCC2. The van der Waals surface area contributed by atoms with Gasteiger partial charge in [0.25, 0.3) is 5.91 Å². The molecule has 0 atom stereocenters. The number of ketones is 1. The maximum Gasteiger partial charge on any atom is 0.268 e. The summed E-state index contributed by atoms with van der Waals surface area (Å²) in [4.78, 5) is 28.2. The lowest BCUT2D eigenvalue weighted by molar-refractivity contribution is -0.123. The van der Waals surface area contributed by atoms with Gasteiger partial charge in [-0.3, -0.25) is 9.59 Å². The number of nitrogens with one attached hydrogen (secondary N) is 2. The van der Waals surface area contributed by atoms with Crippen LogP contribution in [0.15, 0.2) is 36.0 Å². The first-order chi connectivity index (χ1) is 17.4. The van der Waals surface area contributed by atoms with E-state index in [4.69, 9.17) is 11.6 Å². The number of amides is 1. The molecule has 4 fully saturated rings. The Morgan fingerprint density at radius 2 is 1.67 bits per heavy atom. The zero-order chi connectivity index (χ0) is 24.9. The molecule has 0 aliphatic heterocycles. The van der Waals surface area contributed by atoms with Crippen molar-refractivity contribution in [2.75, 3.05) is 5.32 Å². The molecule has 0 spiro atoms. The van der Waals surface area contributed by atoms with Crippen LogP contribution in [0.3, 0.4) is 0 Å². The number of hydrogen-bond acceptors (Lipinski definition) is 5. The van der Waals surface area contributed by atoms with Gasteiger partial charge in [0.05, 0.1) is 5.56 Å². The highest BCUT2D eigenvalue weighted by atomic mass is 35.5. The molecule has 1 amide bonds. The number of aryl methyl sites for hydroxylation is 1. The van der Waals surface area contributed by atoms with E-state index in [1.807, 2.05) is 0 Å². The summed E-state index contributed by atoms with van der Waals surface area (Å²) in [6, 6.07) is 9.04. The molecule has 1 aromatic heterocycles. The van der Waals surface area contributed by atoms with Gasteiger partial charge < -0.3 is 10.6 Å². The molecule has 7 heteroatoms. The fourth-order valence-electron chi connectivity index (χ4n) is 7.45. The minimum absolute atomic E-state index is 0.178. The number of anilines is 1. The van der Waals surface area contributed by atoms with Gasteiger partial charge in [-0.1, -0.05) is 11.6 Å². The number of carbonyl (C=O) groups excluding carboxylic acids is 2. The van der Waals surface area contributed by atoms with Gasteiger partial charge in [-0.25, -0.2) is 0 Å². The minimum Gasteiger partial charge on any atom is -0.345 e. The van der Waals surface area contributed by atoms with E-state index in [9.17, 15) is 14.9 Å². The molecule has 4 bridgehead atoms. The van der Waals surface area contributed by atoms with Gasteiger partial charge in [-0.05, 0) is 112 Å². The van der Waals surface area contributed by atoms with Crippen molar-refractivity contribution in [2.45, 2.75) is 69.7 Å². The van der Waals surface area contributed by atoms with Crippen LogP contribution in [-0.2, 0) is 17.6 Å². The van der Waals surface area contributed by atoms with Crippen molar-refractivity contribution in [3.05, 3.63) is 62.6 Å². The molecule has 0 unspecified atom stereocenters. The van der Waals surface area contributed by atoms with Gasteiger partial charge in [-0.15, -0.1) is 11.3 Å². The van der Waals surface area contributed by atoms with Crippen LogP contribution in [0.5, 0.6) is 0 Å². The quantitative estimate of drug-likeness (QED) is 0.341. The molecule has 1 aromatic carbocycles. The summed E-state index contributed by atoms with van der Waals surface area (Å²) in [7, 11) is 0. The molecule has 7 rings (SSSR count). The Labute approximate surface area is 220 Å². The first-order valence-corrected chi connectivity index (χ1v) is 14.3. The van der Waals surface area contributed by atoms with Crippen molar-refractivity contribution < 1.29 is 9.59 Å². The van der Waals surface area contributed by atoms with Crippen molar-refractivity contribution in [3.8, 4) is 6.07 Å². The first kappa shape index (κ1) is 23.8. The van der Waals surface area contributed by atoms with Gasteiger partial charge in [-0.2, -0.15) is 5.26 Å². The molecular formula is C29H30ClN3O2S. The summed E-state index contributed by atoms with van der Waals surface area (Å²) in [6.45, 7) is 0. The monoisotopic (exact) mass is 519 g/mol. The number of nitrogens with zero attached hydrogens (tertiary/aromatic N) is 1. The van der Waals surface area contributed by atoms with Crippen LogP contribution in [-0.4, -0.2) is 17.2 Å². The predicted molar refractivity (Wildman–Crippen MR) is 142 cm³/mol. The second kappa shape index (κ2) is 9.36. The van der Waals surface area contributed by atoms with Crippen LogP contribution < -0.4 is 10.6 Å². The van der Waals surface area contributed by atoms with Crippen LogP contribution in [0.4, 0.5) is 5.00 Å².